The van der Waals surface area contributed by atoms with Crippen LogP contribution in [0.5, 0.6) is 0 Å². The van der Waals surface area contributed by atoms with Gasteiger partial charge in [-0.2, -0.15) is 0 Å². The van der Waals surface area contributed by atoms with Crippen molar-refractivity contribution in [1.82, 2.24) is 0 Å². The third-order valence-corrected chi connectivity index (χ3v) is 2.97. The summed E-state index contributed by atoms with van der Waals surface area (Å²) in [7, 11) is 0. The van der Waals surface area contributed by atoms with Gasteiger partial charge in [0.2, 0.25) is 0 Å². The lowest BCUT2D eigenvalue weighted by atomic mass is 10.0. The first-order chi connectivity index (χ1) is 8.15. The van der Waals surface area contributed by atoms with E-state index >= 15 is 0 Å². The maximum atomic E-state index is 10.4. The topological polar surface area (TPSA) is 53.7 Å². The molecule has 0 amide bonds. The molecule has 92 valence electrons. The number of anilines is 1. The Morgan fingerprint density at radius 1 is 1.59 bits per heavy atom. The molecule has 2 rings (SSSR count). The Balaban J connectivity index is 2.04. The highest BCUT2D eigenvalue weighted by Crippen LogP contribution is 2.25. The van der Waals surface area contributed by atoms with Crippen LogP contribution in [0, 0.1) is 5.92 Å². The van der Waals surface area contributed by atoms with E-state index in [1.54, 1.807) is 6.07 Å². The van der Waals surface area contributed by atoms with Gasteiger partial charge in [0.05, 0.1) is 0 Å². The van der Waals surface area contributed by atoms with Gasteiger partial charge in [0.1, 0.15) is 5.76 Å². The Morgan fingerprint density at radius 2 is 2.41 bits per heavy atom. The van der Waals surface area contributed by atoms with Crippen LogP contribution in [0.2, 0.25) is 0 Å². The highest BCUT2D eigenvalue weighted by Gasteiger charge is 2.18. The fourth-order valence-corrected chi connectivity index (χ4v) is 2.14. The molecule has 0 bridgehead atoms. The van der Waals surface area contributed by atoms with Gasteiger partial charge in [-0.1, -0.05) is 6.92 Å². The number of carboxylic acids is 1. The third-order valence-electron chi connectivity index (χ3n) is 2.97. The van der Waals surface area contributed by atoms with E-state index in [1.165, 1.54) is 18.9 Å². The normalized spacial score (nSPS) is 21.0. The molecule has 0 spiro atoms. The molecule has 4 heteroatoms. The maximum Gasteiger partial charge on any atom is 0.328 e. The first kappa shape index (κ1) is 11.8. The number of aliphatic carboxylic acids is 1. The Kier molecular flexibility index (Phi) is 3.52. The van der Waals surface area contributed by atoms with Crippen molar-refractivity contribution in [2.24, 2.45) is 5.92 Å². The summed E-state index contributed by atoms with van der Waals surface area (Å²) in [5.41, 5.74) is 0. The van der Waals surface area contributed by atoms with Gasteiger partial charge < -0.3 is 14.4 Å². The van der Waals surface area contributed by atoms with Crippen LogP contribution in [0.25, 0.3) is 6.08 Å². The van der Waals surface area contributed by atoms with E-state index in [-0.39, 0.29) is 0 Å². The number of furan rings is 1. The van der Waals surface area contributed by atoms with Crippen molar-refractivity contribution in [3.63, 3.8) is 0 Å². The van der Waals surface area contributed by atoms with Gasteiger partial charge >= 0.3 is 5.97 Å². The molecule has 1 aromatic heterocycles. The fourth-order valence-electron chi connectivity index (χ4n) is 2.14. The fraction of sp³-hybridized carbons (Fsp3) is 0.462. The molecule has 0 aliphatic carbocycles. The van der Waals surface area contributed by atoms with Gasteiger partial charge in [-0.3, -0.25) is 0 Å². The second-order valence-corrected chi connectivity index (χ2v) is 4.54. The van der Waals surface area contributed by atoms with Crippen LogP contribution < -0.4 is 4.90 Å². The standard InChI is InChI=1S/C13H17NO3/c1-10-3-2-8-14(9-10)12-6-4-11(17-12)5-7-13(15)16/h4-7,10H,2-3,8-9H2,1H3,(H,15,16)/b7-5+. The predicted molar refractivity (Wildman–Crippen MR) is 66.0 cm³/mol. The van der Waals surface area contributed by atoms with Gasteiger partial charge in [0.15, 0.2) is 5.88 Å². The lowest BCUT2D eigenvalue weighted by molar-refractivity contribution is -0.131. The zero-order valence-electron chi connectivity index (χ0n) is 9.93. The zero-order valence-corrected chi connectivity index (χ0v) is 9.93. The van der Waals surface area contributed by atoms with E-state index in [0.717, 1.165) is 25.0 Å². The van der Waals surface area contributed by atoms with Crippen LogP contribution in [0.4, 0.5) is 5.88 Å². The van der Waals surface area contributed by atoms with E-state index in [9.17, 15) is 4.79 Å². The second kappa shape index (κ2) is 5.08. The minimum absolute atomic E-state index is 0.584. The highest BCUT2D eigenvalue weighted by molar-refractivity contribution is 5.84. The molecule has 1 aliphatic heterocycles. The van der Waals surface area contributed by atoms with Gasteiger partial charge in [-0.05, 0) is 30.9 Å². The van der Waals surface area contributed by atoms with Crippen molar-refractivity contribution in [2.75, 3.05) is 18.0 Å². The summed E-state index contributed by atoms with van der Waals surface area (Å²) >= 11 is 0. The van der Waals surface area contributed by atoms with Crippen molar-refractivity contribution in [2.45, 2.75) is 19.8 Å². The predicted octanol–water partition coefficient (Wildman–Crippen LogP) is 2.61. The van der Waals surface area contributed by atoms with Gasteiger partial charge in [0, 0.05) is 25.2 Å². The summed E-state index contributed by atoms with van der Waals surface area (Å²) in [5, 5.41) is 8.53. The van der Waals surface area contributed by atoms with E-state index in [4.69, 9.17) is 9.52 Å². The minimum atomic E-state index is -0.963. The number of hydrogen-bond acceptors (Lipinski definition) is 3. The number of nitrogens with zero attached hydrogens (tertiary/aromatic N) is 1. The highest BCUT2D eigenvalue weighted by atomic mass is 16.4. The molecule has 2 heterocycles. The van der Waals surface area contributed by atoms with Crippen molar-refractivity contribution < 1.29 is 14.3 Å². The second-order valence-electron chi connectivity index (χ2n) is 4.54. The molecule has 4 nitrogen and oxygen atoms in total. The molecule has 1 N–H and O–H groups in total. The molecule has 0 radical (unpaired) electrons. The minimum Gasteiger partial charge on any atom is -0.478 e. The van der Waals surface area contributed by atoms with Crippen molar-refractivity contribution in [3.8, 4) is 0 Å². The smallest absolute Gasteiger partial charge is 0.328 e. The Morgan fingerprint density at radius 3 is 3.12 bits per heavy atom. The number of rotatable bonds is 3. The molecule has 1 fully saturated rings. The Hall–Kier alpha value is -1.71. The number of carboxylic acid groups (broad SMARTS) is 1. The van der Waals surface area contributed by atoms with E-state index in [0.29, 0.717) is 11.7 Å². The molecular weight excluding hydrogens is 218 g/mol. The van der Waals surface area contributed by atoms with Crippen LogP contribution in [-0.4, -0.2) is 24.2 Å². The molecule has 1 atom stereocenters. The monoisotopic (exact) mass is 235 g/mol. The van der Waals surface area contributed by atoms with Crippen LogP contribution in [0.1, 0.15) is 25.5 Å². The lowest BCUT2D eigenvalue weighted by Crippen LogP contribution is -2.33. The molecule has 1 aliphatic rings. The van der Waals surface area contributed by atoms with Crippen LogP contribution in [-0.2, 0) is 4.79 Å². The quantitative estimate of drug-likeness (QED) is 0.818. The van der Waals surface area contributed by atoms with Crippen LogP contribution in [0.15, 0.2) is 22.6 Å². The molecule has 1 aromatic rings. The van der Waals surface area contributed by atoms with Gasteiger partial charge in [0.25, 0.3) is 0 Å². The first-order valence-electron chi connectivity index (χ1n) is 5.91. The Bertz CT molecular complexity index is 422. The largest absolute Gasteiger partial charge is 0.478 e. The SMILES string of the molecule is CC1CCCN(c2ccc(/C=C/C(=O)O)o2)C1. The molecular formula is C13H17NO3. The van der Waals surface area contributed by atoms with E-state index in [2.05, 4.69) is 11.8 Å². The van der Waals surface area contributed by atoms with Crippen LogP contribution >= 0.6 is 0 Å². The third kappa shape index (κ3) is 3.12. The number of hydrogen-bond donors (Lipinski definition) is 1. The average Bonchev–Trinajstić information content (AvgIpc) is 2.75. The molecule has 1 unspecified atom stereocenters. The zero-order chi connectivity index (χ0) is 12.3. The maximum absolute atomic E-state index is 10.4. The van der Waals surface area contributed by atoms with E-state index in [1.807, 2.05) is 6.07 Å². The summed E-state index contributed by atoms with van der Waals surface area (Å²) < 4.78 is 5.60. The molecule has 17 heavy (non-hydrogen) atoms. The van der Waals surface area contributed by atoms with Crippen molar-refractivity contribution in [3.05, 3.63) is 24.0 Å². The lowest BCUT2D eigenvalue weighted by Gasteiger charge is -2.30. The molecule has 0 aromatic carbocycles. The molecule has 1 saturated heterocycles. The first-order valence-corrected chi connectivity index (χ1v) is 5.91. The summed E-state index contributed by atoms with van der Waals surface area (Å²) in [6, 6.07) is 3.70. The number of piperidine rings is 1. The number of carbonyl (C=O) groups is 1. The van der Waals surface area contributed by atoms with Crippen molar-refractivity contribution >= 4 is 17.9 Å². The van der Waals surface area contributed by atoms with Crippen molar-refractivity contribution in [1.29, 1.82) is 0 Å². The summed E-state index contributed by atoms with van der Waals surface area (Å²) in [6.07, 6.45) is 5.01. The van der Waals surface area contributed by atoms with E-state index < -0.39 is 5.97 Å². The van der Waals surface area contributed by atoms with Gasteiger partial charge in [-0.15, -0.1) is 0 Å². The summed E-state index contributed by atoms with van der Waals surface area (Å²) in [4.78, 5) is 12.6. The molecule has 0 saturated carbocycles. The van der Waals surface area contributed by atoms with Crippen LogP contribution in [0.3, 0.4) is 0 Å². The summed E-state index contributed by atoms with van der Waals surface area (Å²) in [6.45, 7) is 4.26. The average molecular weight is 235 g/mol. The Labute approximate surface area is 101 Å². The summed E-state index contributed by atoms with van der Waals surface area (Å²) in [5.74, 6) is 1.14. The van der Waals surface area contributed by atoms with Gasteiger partial charge in [-0.25, -0.2) is 4.79 Å².